The lowest BCUT2D eigenvalue weighted by molar-refractivity contribution is -0.170. The highest BCUT2D eigenvalue weighted by molar-refractivity contribution is 5.86. The van der Waals surface area contributed by atoms with Gasteiger partial charge in [-0.05, 0) is 55.3 Å². The molecule has 1 amide bonds. The van der Waals surface area contributed by atoms with E-state index in [0.717, 1.165) is 19.3 Å². The number of rotatable bonds is 3. The molecule has 4 aliphatic carbocycles. The van der Waals surface area contributed by atoms with E-state index in [1.807, 2.05) is 0 Å². The highest BCUT2D eigenvalue weighted by Gasteiger charge is 2.62. The van der Waals surface area contributed by atoms with Gasteiger partial charge in [-0.1, -0.05) is 13.8 Å². The summed E-state index contributed by atoms with van der Waals surface area (Å²) in [5.74, 6) is 0.384. The van der Waals surface area contributed by atoms with Crippen LogP contribution in [-0.4, -0.2) is 25.5 Å². The van der Waals surface area contributed by atoms with E-state index in [-0.39, 0.29) is 23.8 Å². The molecule has 2 atom stereocenters. The van der Waals surface area contributed by atoms with Gasteiger partial charge in [0.05, 0.1) is 12.5 Å². The molecule has 1 N–H and O–H groups in total. The number of carbonyl (C=O) groups excluding carboxylic acids is 2. The maximum atomic E-state index is 12.7. The second-order valence-corrected chi connectivity index (χ2v) is 8.17. The maximum absolute atomic E-state index is 12.7. The summed E-state index contributed by atoms with van der Waals surface area (Å²) in [7, 11) is 1.35. The minimum atomic E-state index is -0.375. The fourth-order valence-corrected chi connectivity index (χ4v) is 6.11. The molecule has 0 radical (unpaired) electrons. The third-order valence-corrected chi connectivity index (χ3v) is 5.73. The standard InChI is InChI=1S/C16H25NO3/c1-14-4-11-5-15(2,8-14)10-16(6-11,9-14)13(19)17-7-12(18)20-3/h11H,4-10H2,1-3H3,(H,17,19)/t11?,14-,15-,16?/m1/s1. The molecule has 0 spiro atoms. The Hall–Kier alpha value is -1.06. The molecule has 0 unspecified atom stereocenters. The molecule has 4 heteroatoms. The number of esters is 1. The predicted octanol–water partition coefficient (Wildman–Crippen LogP) is 2.27. The molecule has 112 valence electrons. The fourth-order valence-electron chi connectivity index (χ4n) is 6.11. The van der Waals surface area contributed by atoms with Crippen LogP contribution in [0.4, 0.5) is 0 Å². The minimum Gasteiger partial charge on any atom is -0.468 e. The topological polar surface area (TPSA) is 55.4 Å². The minimum absolute atomic E-state index is 0.00478. The molecule has 4 aliphatic rings. The van der Waals surface area contributed by atoms with E-state index < -0.39 is 0 Å². The van der Waals surface area contributed by atoms with Crippen molar-refractivity contribution in [3.05, 3.63) is 0 Å². The van der Waals surface area contributed by atoms with Crippen LogP contribution in [0, 0.1) is 22.2 Å². The zero-order valence-corrected chi connectivity index (χ0v) is 12.8. The van der Waals surface area contributed by atoms with E-state index in [9.17, 15) is 9.59 Å². The van der Waals surface area contributed by atoms with Crippen molar-refractivity contribution in [2.75, 3.05) is 13.7 Å². The normalized spacial score (nSPS) is 45.2. The fraction of sp³-hybridized carbons (Fsp3) is 0.875. The first-order valence-electron chi connectivity index (χ1n) is 7.63. The molecule has 0 aromatic carbocycles. The van der Waals surface area contributed by atoms with Gasteiger partial charge in [-0.2, -0.15) is 0 Å². The molecule has 4 fully saturated rings. The number of amides is 1. The molecule has 4 bridgehead atoms. The van der Waals surface area contributed by atoms with Gasteiger partial charge in [-0.3, -0.25) is 9.59 Å². The summed E-state index contributed by atoms with van der Waals surface area (Å²) in [6, 6.07) is 0. The molecule has 4 rings (SSSR count). The lowest BCUT2D eigenvalue weighted by Crippen LogP contribution is -2.60. The highest BCUT2D eigenvalue weighted by Crippen LogP contribution is 2.69. The molecule has 0 aromatic rings. The van der Waals surface area contributed by atoms with Crippen LogP contribution in [-0.2, 0) is 14.3 Å². The third-order valence-electron chi connectivity index (χ3n) is 5.73. The van der Waals surface area contributed by atoms with Crippen molar-refractivity contribution in [3.63, 3.8) is 0 Å². The molecule has 0 heterocycles. The zero-order valence-electron chi connectivity index (χ0n) is 12.8. The summed E-state index contributed by atoms with van der Waals surface area (Å²) < 4.78 is 4.61. The summed E-state index contributed by atoms with van der Waals surface area (Å²) in [5, 5.41) is 2.81. The third kappa shape index (κ3) is 2.13. The molecular weight excluding hydrogens is 254 g/mol. The maximum Gasteiger partial charge on any atom is 0.325 e. The Kier molecular flexibility index (Phi) is 2.93. The van der Waals surface area contributed by atoms with Gasteiger partial charge in [-0.15, -0.1) is 0 Å². The Bertz CT molecular complexity index is 441. The van der Waals surface area contributed by atoms with Crippen LogP contribution in [0.5, 0.6) is 0 Å². The monoisotopic (exact) mass is 279 g/mol. The largest absolute Gasteiger partial charge is 0.468 e. The first kappa shape index (κ1) is 13.9. The van der Waals surface area contributed by atoms with E-state index in [0.29, 0.717) is 16.7 Å². The first-order chi connectivity index (χ1) is 9.28. The van der Waals surface area contributed by atoms with Crippen molar-refractivity contribution in [1.29, 1.82) is 0 Å². The van der Waals surface area contributed by atoms with Crippen molar-refractivity contribution in [3.8, 4) is 0 Å². The molecule has 0 aromatic heterocycles. The van der Waals surface area contributed by atoms with Gasteiger partial charge in [0.15, 0.2) is 0 Å². The number of hydrogen-bond donors (Lipinski definition) is 1. The average molecular weight is 279 g/mol. The predicted molar refractivity (Wildman–Crippen MR) is 74.9 cm³/mol. The van der Waals surface area contributed by atoms with Crippen LogP contribution in [0.25, 0.3) is 0 Å². The summed E-state index contributed by atoms with van der Waals surface area (Å²) >= 11 is 0. The Morgan fingerprint density at radius 2 is 1.70 bits per heavy atom. The summed E-state index contributed by atoms with van der Waals surface area (Å²) in [6.45, 7) is 4.69. The lowest BCUT2D eigenvalue weighted by atomic mass is 9.40. The molecule has 20 heavy (non-hydrogen) atoms. The van der Waals surface area contributed by atoms with Crippen molar-refractivity contribution in [2.45, 2.75) is 52.4 Å². The SMILES string of the molecule is COC(=O)CNC(=O)C12CC3C[C@@](C)(C1)C[C@@](C)(C3)C2. The number of ether oxygens (including phenoxy) is 1. The van der Waals surface area contributed by atoms with E-state index in [2.05, 4.69) is 23.9 Å². The van der Waals surface area contributed by atoms with Gasteiger partial charge >= 0.3 is 5.97 Å². The van der Waals surface area contributed by atoms with Gasteiger partial charge < -0.3 is 10.1 Å². The summed E-state index contributed by atoms with van der Waals surface area (Å²) in [4.78, 5) is 23.9. The number of hydrogen-bond acceptors (Lipinski definition) is 3. The van der Waals surface area contributed by atoms with Gasteiger partial charge in [0.1, 0.15) is 6.54 Å². The summed E-state index contributed by atoms with van der Waals surface area (Å²) in [5.41, 5.74) is 0.393. The number of carbonyl (C=O) groups is 2. The van der Waals surface area contributed by atoms with Gasteiger partial charge in [0.25, 0.3) is 0 Å². The molecule has 4 nitrogen and oxygen atoms in total. The van der Waals surface area contributed by atoms with E-state index >= 15 is 0 Å². The van der Waals surface area contributed by atoms with Crippen LogP contribution in [0.1, 0.15) is 52.4 Å². The second-order valence-electron chi connectivity index (χ2n) is 8.17. The zero-order chi connectivity index (χ0) is 14.6. The van der Waals surface area contributed by atoms with Gasteiger partial charge in [-0.25, -0.2) is 0 Å². The number of nitrogens with one attached hydrogen (secondary N) is 1. The molecule has 0 aliphatic heterocycles. The van der Waals surface area contributed by atoms with Crippen molar-refractivity contribution in [2.24, 2.45) is 22.2 Å². The van der Waals surface area contributed by atoms with Crippen LogP contribution in [0.15, 0.2) is 0 Å². The van der Waals surface area contributed by atoms with Crippen LogP contribution in [0.2, 0.25) is 0 Å². The van der Waals surface area contributed by atoms with Crippen molar-refractivity contribution >= 4 is 11.9 Å². The smallest absolute Gasteiger partial charge is 0.325 e. The molecule has 0 saturated heterocycles. The quantitative estimate of drug-likeness (QED) is 0.806. The molecular formula is C16H25NO3. The molecule has 4 saturated carbocycles. The van der Waals surface area contributed by atoms with Crippen LogP contribution in [0.3, 0.4) is 0 Å². The van der Waals surface area contributed by atoms with Crippen molar-refractivity contribution in [1.82, 2.24) is 5.32 Å². The average Bonchev–Trinajstić information content (AvgIpc) is 2.30. The van der Waals surface area contributed by atoms with Gasteiger partial charge in [0.2, 0.25) is 5.91 Å². The van der Waals surface area contributed by atoms with Crippen molar-refractivity contribution < 1.29 is 14.3 Å². The lowest BCUT2D eigenvalue weighted by Gasteiger charge is -2.64. The Morgan fingerprint density at radius 1 is 1.10 bits per heavy atom. The Morgan fingerprint density at radius 3 is 2.20 bits per heavy atom. The van der Waals surface area contributed by atoms with Crippen LogP contribution < -0.4 is 5.32 Å². The summed E-state index contributed by atoms with van der Waals surface area (Å²) in [6.07, 6.45) is 6.77. The second kappa shape index (κ2) is 4.22. The van der Waals surface area contributed by atoms with E-state index in [4.69, 9.17) is 0 Å². The van der Waals surface area contributed by atoms with Crippen LogP contribution >= 0.6 is 0 Å². The van der Waals surface area contributed by atoms with E-state index in [1.165, 1.54) is 26.4 Å². The van der Waals surface area contributed by atoms with Gasteiger partial charge in [0, 0.05) is 0 Å². The first-order valence-corrected chi connectivity index (χ1v) is 7.63. The Labute approximate surface area is 120 Å². The Balaban J connectivity index is 1.78. The number of methoxy groups -OCH3 is 1. The van der Waals surface area contributed by atoms with E-state index in [1.54, 1.807) is 0 Å². The highest BCUT2D eigenvalue weighted by atomic mass is 16.5.